The van der Waals surface area contributed by atoms with Crippen molar-refractivity contribution in [3.8, 4) is 11.8 Å². The summed E-state index contributed by atoms with van der Waals surface area (Å²) in [5.41, 5.74) is 9.09. The number of nitrogen functional groups attached to an aromatic ring is 1. The van der Waals surface area contributed by atoms with Gasteiger partial charge in [-0.1, -0.05) is 5.92 Å². The molecule has 2 rings (SSSR count). The van der Waals surface area contributed by atoms with E-state index in [0.29, 0.717) is 0 Å². The van der Waals surface area contributed by atoms with E-state index in [1.807, 2.05) is 0 Å². The van der Waals surface area contributed by atoms with E-state index in [0.717, 1.165) is 10.9 Å². The lowest BCUT2D eigenvalue weighted by molar-refractivity contribution is -0.0816. The Morgan fingerprint density at radius 2 is 2.29 bits per heavy atom. The summed E-state index contributed by atoms with van der Waals surface area (Å²) >= 11 is 0. The predicted molar refractivity (Wildman–Crippen MR) is 72.7 cm³/mol. The van der Waals surface area contributed by atoms with E-state index in [1.165, 1.54) is 13.8 Å². The van der Waals surface area contributed by atoms with Gasteiger partial charge in [0.25, 0.3) is 0 Å². The van der Waals surface area contributed by atoms with Gasteiger partial charge in [-0.3, -0.25) is 0 Å². The van der Waals surface area contributed by atoms with E-state index in [9.17, 15) is 15.0 Å². The fourth-order valence-corrected chi connectivity index (χ4v) is 2.27. The fraction of sp³-hybridized carbons (Fsp3) is 0.583. The summed E-state index contributed by atoms with van der Waals surface area (Å²) in [7, 11) is 0. The average molecular weight is 295 g/mol. The van der Waals surface area contributed by atoms with Crippen molar-refractivity contribution in [2.75, 3.05) is 5.73 Å². The van der Waals surface area contributed by atoms with Gasteiger partial charge < -0.3 is 26.4 Å². The van der Waals surface area contributed by atoms with Crippen LogP contribution in [-0.4, -0.2) is 48.8 Å². The number of nitrogens with two attached hydrogens (primary N) is 2. The summed E-state index contributed by atoms with van der Waals surface area (Å²) < 4.78 is 6.36. The lowest BCUT2D eigenvalue weighted by Crippen LogP contribution is -2.55. The van der Waals surface area contributed by atoms with Crippen molar-refractivity contribution in [3.05, 3.63) is 16.7 Å². The van der Waals surface area contributed by atoms with Crippen LogP contribution in [0.4, 0.5) is 5.82 Å². The molecule has 0 aliphatic carbocycles. The zero-order chi connectivity index (χ0) is 15.8. The first-order valence-electron chi connectivity index (χ1n) is 6.27. The molecule has 0 amide bonds. The van der Waals surface area contributed by atoms with E-state index in [-0.39, 0.29) is 5.82 Å². The molecule has 1 aliphatic rings. The molecular formula is C12H17N5O4. The molecular weight excluding hydrogens is 278 g/mol. The molecule has 2 heterocycles. The summed E-state index contributed by atoms with van der Waals surface area (Å²) in [5, 5.41) is 23.8. The summed E-state index contributed by atoms with van der Waals surface area (Å²) in [4.78, 5) is 15.4. The number of ether oxygens (including phenoxy) is 1. The van der Waals surface area contributed by atoms with Crippen molar-refractivity contribution in [1.29, 1.82) is 0 Å². The van der Waals surface area contributed by atoms with Gasteiger partial charge >= 0.3 is 5.69 Å². The molecule has 1 aromatic rings. The van der Waals surface area contributed by atoms with Gasteiger partial charge in [0, 0.05) is 0 Å². The van der Waals surface area contributed by atoms with Gasteiger partial charge in [-0.2, -0.15) is 14.8 Å². The maximum atomic E-state index is 11.9. The number of rotatable bonds is 2. The highest BCUT2D eigenvalue weighted by molar-refractivity contribution is 5.26. The van der Waals surface area contributed by atoms with Gasteiger partial charge in [-0.05, 0) is 13.8 Å². The first-order valence-corrected chi connectivity index (χ1v) is 6.27. The molecule has 2 unspecified atom stereocenters. The lowest BCUT2D eigenvalue weighted by Gasteiger charge is -2.27. The first kappa shape index (κ1) is 15.4. The number of hydrogen-bond acceptors (Lipinski definition) is 8. The minimum absolute atomic E-state index is 0.0499. The van der Waals surface area contributed by atoms with Crippen LogP contribution in [0.15, 0.2) is 11.0 Å². The van der Waals surface area contributed by atoms with Gasteiger partial charge in [0.2, 0.25) is 0 Å². The Kier molecular flexibility index (Phi) is 3.97. The highest BCUT2D eigenvalue weighted by atomic mass is 16.6. The van der Waals surface area contributed by atoms with Gasteiger partial charge in [0.15, 0.2) is 11.8 Å². The quantitative estimate of drug-likeness (QED) is 0.440. The van der Waals surface area contributed by atoms with E-state index >= 15 is 0 Å². The molecule has 0 radical (unpaired) electrons. The molecule has 0 aromatic carbocycles. The zero-order valence-electron chi connectivity index (χ0n) is 11.6. The normalized spacial score (nSPS) is 33.3. The van der Waals surface area contributed by atoms with E-state index in [2.05, 4.69) is 21.9 Å². The van der Waals surface area contributed by atoms with Gasteiger partial charge in [0.05, 0.1) is 12.3 Å². The zero-order valence-corrected chi connectivity index (χ0v) is 11.6. The molecule has 21 heavy (non-hydrogen) atoms. The number of aliphatic hydroxyl groups is 2. The Balaban J connectivity index is 2.54. The Morgan fingerprint density at radius 3 is 2.81 bits per heavy atom. The van der Waals surface area contributed by atoms with E-state index < -0.39 is 35.8 Å². The number of aromatic nitrogens is 3. The molecule has 5 atom stereocenters. The molecule has 9 nitrogen and oxygen atoms in total. The van der Waals surface area contributed by atoms with Crippen molar-refractivity contribution in [1.82, 2.24) is 14.8 Å². The van der Waals surface area contributed by atoms with Crippen LogP contribution in [0.2, 0.25) is 0 Å². The van der Waals surface area contributed by atoms with Crippen molar-refractivity contribution in [2.45, 2.75) is 43.9 Å². The Bertz CT molecular complexity index is 649. The van der Waals surface area contributed by atoms with Crippen LogP contribution in [0.1, 0.15) is 20.1 Å². The van der Waals surface area contributed by atoms with Crippen LogP contribution in [0.25, 0.3) is 0 Å². The largest absolute Gasteiger partial charge is 0.391 e. The smallest absolute Gasteiger partial charge is 0.368 e. The van der Waals surface area contributed by atoms with Gasteiger partial charge in [0.1, 0.15) is 18.0 Å². The average Bonchev–Trinajstić information content (AvgIpc) is 2.64. The predicted octanol–water partition coefficient (Wildman–Crippen LogP) is -2.42. The third kappa shape index (κ3) is 2.50. The molecule has 1 saturated heterocycles. The number of hydrogen-bond donors (Lipinski definition) is 4. The summed E-state index contributed by atoms with van der Waals surface area (Å²) in [6.07, 6.45) is -3.36. The second kappa shape index (κ2) is 5.42. The van der Waals surface area contributed by atoms with Gasteiger partial charge in [-0.15, -0.1) is 5.92 Å². The third-order valence-electron chi connectivity index (χ3n) is 3.27. The SMILES string of the molecule is CC#CC1(N)C(O)[C@@H]([C@@H](C)O)O[C@H]1n1ncc(N)nc1=O. The van der Waals surface area contributed by atoms with Crippen molar-refractivity contribution >= 4 is 5.82 Å². The topological polar surface area (TPSA) is 150 Å². The maximum absolute atomic E-state index is 11.9. The van der Waals surface area contributed by atoms with Crippen LogP contribution in [0, 0.1) is 11.8 Å². The molecule has 1 aliphatic heterocycles. The monoisotopic (exact) mass is 295 g/mol. The van der Waals surface area contributed by atoms with Crippen molar-refractivity contribution in [3.63, 3.8) is 0 Å². The van der Waals surface area contributed by atoms with Crippen LogP contribution in [-0.2, 0) is 4.74 Å². The summed E-state index contributed by atoms with van der Waals surface area (Å²) in [6, 6.07) is 0. The Hall–Kier alpha value is -1.99. The van der Waals surface area contributed by atoms with Crippen LogP contribution >= 0.6 is 0 Å². The molecule has 0 spiro atoms. The molecule has 114 valence electrons. The molecule has 1 aromatic heterocycles. The van der Waals surface area contributed by atoms with Crippen LogP contribution < -0.4 is 17.2 Å². The molecule has 9 heteroatoms. The number of anilines is 1. The van der Waals surface area contributed by atoms with Crippen molar-refractivity contribution in [2.24, 2.45) is 5.73 Å². The van der Waals surface area contributed by atoms with Crippen LogP contribution in [0.5, 0.6) is 0 Å². The third-order valence-corrected chi connectivity index (χ3v) is 3.27. The van der Waals surface area contributed by atoms with E-state index in [1.54, 1.807) is 0 Å². The Labute approximate surface area is 120 Å². The lowest BCUT2D eigenvalue weighted by atomic mass is 9.90. The molecule has 0 bridgehead atoms. The number of nitrogens with zero attached hydrogens (tertiary/aromatic N) is 3. The fourth-order valence-electron chi connectivity index (χ4n) is 2.27. The second-order valence-electron chi connectivity index (χ2n) is 4.85. The second-order valence-corrected chi connectivity index (χ2v) is 4.85. The molecule has 0 saturated carbocycles. The highest BCUT2D eigenvalue weighted by Gasteiger charge is 2.56. The standard InChI is InChI=1S/C12H17N5O4/c1-3-4-12(14)9(19)8(6(2)18)21-10(12)17-11(20)16-7(13)5-15-17/h5-6,8-10,18-19H,14H2,1-2H3,(H2,13,16,20)/t6-,8-,9?,10-,12?/m1/s1. The van der Waals surface area contributed by atoms with Crippen molar-refractivity contribution < 1.29 is 14.9 Å². The molecule has 1 fully saturated rings. The van der Waals surface area contributed by atoms with Crippen LogP contribution in [0.3, 0.4) is 0 Å². The summed E-state index contributed by atoms with van der Waals surface area (Å²) in [5.74, 6) is 5.16. The highest BCUT2D eigenvalue weighted by Crippen LogP contribution is 2.36. The minimum Gasteiger partial charge on any atom is -0.391 e. The Morgan fingerprint density at radius 1 is 1.62 bits per heavy atom. The molecule has 6 N–H and O–H groups in total. The maximum Gasteiger partial charge on any atom is 0.368 e. The minimum atomic E-state index is -1.61. The van der Waals surface area contributed by atoms with E-state index in [4.69, 9.17) is 16.2 Å². The van der Waals surface area contributed by atoms with Gasteiger partial charge in [-0.25, -0.2) is 4.79 Å². The number of aliphatic hydroxyl groups excluding tert-OH is 2. The summed E-state index contributed by atoms with van der Waals surface area (Å²) in [6.45, 7) is 2.97. The first-order chi connectivity index (χ1) is 9.81.